The van der Waals surface area contributed by atoms with Crippen molar-refractivity contribution in [1.29, 1.82) is 0 Å². The van der Waals surface area contributed by atoms with Gasteiger partial charge in [0.25, 0.3) is 5.91 Å². The molecule has 2 heterocycles. The quantitative estimate of drug-likeness (QED) is 0.779. The van der Waals surface area contributed by atoms with E-state index in [2.05, 4.69) is 34.1 Å². The van der Waals surface area contributed by atoms with E-state index in [-0.39, 0.29) is 24.6 Å². The van der Waals surface area contributed by atoms with Crippen molar-refractivity contribution < 1.29 is 9.90 Å². The van der Waals surface area contributed by atoms with Crippen molar-refractivity contribution in [2.75, 3.05) is 26.2 Å². The number of benzene rings is 1. The minimum absolute atomic E-state index is 0.0792. The lowest BCUT2D eigenvalue weighted by Gasteiger charge is -2.34. The van der Waals surface area contributed by atoms with Crippen LogP contribution in [0.4, 0.5) is 0 Å². The van der Waals surface area contributed by atoms with E-state index in [4.69, 9.17) is 0 Å². The van der Waals surface area contributed by atoms with Crippen molar-refractivity contribution in [3.05, 3.63) is 36.2 Å². The molecule has 0 unspecified atom stereocenters. The number of rotatable bonds is 7. The zero-order valence-corrected chi connectivity index (χ0v) is 16.1. The molecule has 1 atom stereocenters. The summed E-state index contributed by atoms with van der Waals surface area (Å²) < 4.78 is 1.87. The van der Waals surface area contributed by atoms with Gasteiger partial charge < -0.3 is 10.4 Å². The van der Waals surface area contributed by atoms with Gasteiger partial charge in [-0.25, -0.2) is 9.67 Å². The largest absolute Gasteiger partial charge is 0.395 e. The molecule has 1 saturated heterocycles. The first kappa shape index (κ1) is 19.5. The van der Waals surface area contributed by atoms with Gasteiger partial charge in [0.1, 0.15) is 6.33 Å². The topological polar surface area (TPSA) is 83.3 Å². The highest BCUT2D eigenvalue weighted by Crippen LogP contribution is 2.20. The van der Waals surface area contributed by atoms with E-state index < -0.39 is 0 Å². The molecule has 3 rings (SSSR count). The van der Waals surface area contributed by atoms with E-state index in [0.717, 1.165) is 37.3 Å². The Labute approximate surface area is 160 Å². The fourth-order valence-electron chi connectivity index (χ4n) is 3.58. The van der Waals surface area contributed by atoms with Crippen molar-refractivity contribution in [2.24, 2.45) is 0 Å². The average Bonchev–Trinajstić information content (AvgIpc) is 3.18. The lowest BCUT2D eigenvalue weighted by atomic mass is 10.0. The van der Waals surface area contributed by atoms with E-state index in [1.165, 1.54) is 6.42 Å². The minimum Gasteiger partial charge on any atom is -0.395 e. The second-order valence-electron chi connectivity index (χ2n) is 7.32. The van der Waals surface area contributed by atoms with Crippen molar-refractivity contribution in [3.63, 3.8) is 0 Å². The first-order valence-electron chi connectivity index (χ1n) is 9.73. The summed E-state index contributed by atoms with van der Waals surface area (Å²) in [5.41, 5.74) is 1.57. The maximum atomic E-state index is 12.4. The minimum atomic E-state index is -0.0792. The average molecular weight is 371 g/mol. The molecule has 1 fully saturated rings. The number of aliphatic hydroxyl groups is 1. The Morgan fingerprint density at radius 3 is 2.78 bits per heavy atom. The summed E-state index contributed by atoms with van der Waals surface area (Å²) in [4.78, 5) is 19.0. The van der Waals surface area contributed by atoms with Crippen LogP contribution in [0.2, 0.25) is 0 Å². The summed E-state index contributed by atoms with van der Waals surface area (Å²) in [5.74, 6) is 0.724. The summed E-state index contributed by atoms with van der Waals surface area (Å²) in [7, 11) is 0. The molecular weight excluding hydrogens is 342 g/mol. The molecule has 0 bridgehead atoms. The number of nitrogens with one attached hydrogen (secondary N) is 1. The van der Waals surface area contributed by atoms with E-state index >= 15 is 0 Å². The van der Waals surface area contributed by atoms with Crippen LogP contribution < -0.4 is 5.32 Å². The molecule has 0 aliphatic carbocycles. The molecule has 0 spiro atoms. The number of likely N-dealkylation sites (tertiary alicyclic amines) is 1. The number of aliphatic hydroxyl groups excluding tert-OH is 1. The Balaban J connectivity index is 1.55. The van der Waals surface area contributed by atoms with E-state index in [1.807, 2.05) is 28.9 Å². The Hall–Kier alpha value is -2.25. The van der Waals surface area contributed by atoms with E-state index in [1.54, 1.807) is 6.33 Å². The van der Waals surface area contributed by atoms with Gasteiger partial charge in [-0.3, -0.25) is 9.69 Å². The van der Waals surface area contributed by atoms with E-state index in [0.29, 0.717) is 12.1 Å². The predicted octanol–water partition coefficient (Wildman–Crippen LogP) is 2.10. The summed E-state index contributed by atoms with van der Waals surface area (Å²) in [6.07, 6.45) is 4.92. The molecule has 1 aromatic carbocycles. The fourth-order valence-corrected chi connectivity index (χ4v) is 3.58. The molecule has 7 heteroatoms. The first-order valence-corrected chi connectivity index (χ1v) is 9.73. The molecule has 7 nitrogen and oxygen atoms in total. The molecule has 0 radical (unpaired) electrons. The lowest BCUT2D eigenvalue weighted by molar-refractivity contribution is 0.0849. The lowest BCUT2D eigenvalue weighted by Crippen LogP contribution is -2.45. The van der Waals surface area contributed by atoms with Gasteiger partial charge in [0.2, 0.25) is 0 Å². The number of hydrogen-bond donors (Lipinski definition) is 2. The van der Waals surface area contributed by atoms with Crippen LogP contribution in [0.5, 0.6) is 0 Å². The standard InChI is InChI=1S/C20H29N5O2/c1-15(2)25-19(22-14-23-25)16-6-8-17(9-7-16)20(27)21-10-12-24-11-4-3-5-18(24)13-26/h6-9,14-15,18,26H,3-5,10-13H2,1-2H3,(H,21,27)/t18-/m1/s1. The van der Waals surface area contributed by atoms with Crippen molar-refractivity contribution in [1.82, 2.24) is 25.0 Å². The van der Waals surface area contributed by atoms with Crippen molar-refractivity contribution in [2.45, 2.75) is 45.2 Å². The van der Waals surface area contributed by atoms with Gasteiger partial charge >= 0.3 is 0 Å². The summed E-state index contributed by atoms with van der Waals surface area (Å²) >= 11 is 0. The van der Waals surface area contributed by atoms with Crippen LogP contribution in [0.1, 0.15) is 49.5 Å². The number of carbonyl (C=O) groups excluding carboxylic acids is 1. The number of hydrogen-bond acceptors (Lipinski definition) is 5. The normalized spacial score (nSPS) is 18.0. The molecular formula is C20H29N5O2. The van der Waals surface area contributed by atoms with Crippen LogP contribution >= 0.6 is 0 Å². The highest BCUT2D eigenvalue weighted by atomic mass is 16.3. The van der Waals surface area contributed by atoms with Gasteiger partial charge in [-0.1, -0.05) is 18.6 Å². The van der Waals surface area contributed by atoms with Crippen LogP contribution in [0, 0.1) is 0 Å². The number of aromatic nitrogens is 3. The van der Waals surface area contributed by atoms with Gasteiger partial charge in [-0.2, -0.15) is 5.10 Å². The number of nitrogens with zero attached hydrogens (tertiary/aromatic N) is 4. The van der Waals surface area contributed by atoms with Crippen molar-refractivity contribution in [3.8, 4) is 11.4 Å². The summed E-state index contributed by atoms with van der Waals surface area (Å²) in [5, 5.41) is 16.7. The molecule has 2 N–H and O–H groups in total. The van der Waals surface area contributed by atoms with Gasteiger partial charge in [0, 0.05) is 36.3 Å². The third-order valence-electron chi connectivity index (χ3n) is 5.11. The predicted molar refractivity (Wildman–Crippen MR) is 104 cm³/mol. The highest BCUT2D eigenvalue weighted by molar-refractivity contribution is 5.94. The Kier molecular flexibility index (Phi) is 6.58. The van der Waals surface area contributed by atoms with Crippen LogP contribution in [0.3, 0.4) is 0 Å². The molecule has 1 aliphatic rings. The summed E-state index contributed by atoms with van der Waals surface area (Å²) in [6.45, 7) is 6.65. The van der Waals surface area contributed by atoms with Crippen LogP contribution in [0.15, 0.2) is 30.6 Å². The summed E-state index contributed by atoms with van der Waals surface area (Å²) in [6, 6.07) is 7.91. The van der Waals surface area contributed by atoms with Crippen LogP contribution in [-0.2, 0) is 0 Å². The van der Waals surface area contributed by atoms with Gasteiger partial charge in [-0.05, 0) is 45.4 Å². The van der Waals surface area contributed by atoms with Gasteiger partial charge in [-0.15, -0.1) is 0 Å². The SMILES string of the molecule is CC(C)n1ncnc1-c1ccc(C(=O)NCCN2CCCC[C@@H]2CO)cc1. The van der Waals surface area contributed by atoms with Crippen LogP contribution in [-0.4, -0.2) is 63.0 Å². The Morgan fingerprint density at radius 2 is 2.07 bits per heavy atom. The second kappa shape index (κ2) is 9.10. The van der Waals surface area contributed by atoms with E-state index in [9.17, 15) is 9.90 Å². The monoisotopic (exact) mass is 371 g/mol. The molecule has 1 amide bonds. The zero-order valence-electron chi connectivity index (χ0n) is 16.1. The number of carbonyl (C=O) groups is 1. The molecule has 1 aliphatic heterocycles. The molecule has 2 aromatic rings. The number of piperidine rings is 1. The highest BCUT2D eigenvalue weighted by Gasteiger charge is 2.21. The van der Waals surface area contributed by atoms with Gasteiger partial charge in [0.15, 0.2) is 5.82 Å². The molecule has 146 valence electrons. The molecule has 0 saturated carbocycles. The maximum absolute atomic E-state index is 12.4. The van der Waals surface area contributed by atoms with Crippen LogP contribution in [0.25, 0.3) is 11.4 Å². The Bertz CT molecular complexity index is 741. The third-order valence-corrected chi connectivity index (χ3v) is 5.11. The second-order valence-corrected chi connectivity index (χ2v) is 7.32. The number of amides is 1. The zero-order chi connectivity index (χ0) is 19.2. The first-order chi connectivity index (χ1) is 13.1. The maximum Gasteiger partial charge on any atom is 0.251 e. The third kappa shape index (κ3) is 4.73. The van der Waals surface area contributed by atoms with Crippen molar-refractivity contribution >= 4 is 5.91 Å². The van der Waals surface area contributed by atoms with Gasteiger partial charge in [0.05, 0.1) is 6.61 Å². The smallest absolute Gasteiger partial charge is 0.251 e. The molecule has 1 aromatic heterocycles. The molecule has 27 heavy (non-hydrogen) atoms. The fraction of sp³-hybridized carbons (Fsp3) is 0.550. The Morgan fingerprint density at radius 1 is 1.30 bits per heavy atom.